The van der Waals surface area contributed by atoms with E-state index in [4.69, 9.17) is 9.47 Å². The van der Waals surface area contributed by atoms with Crippen LogP contribution in [0.25, 0.3) is 0 Å². The van der Waals surface area contributed by atoms with Crippen LogP contribution in [0.5, 0.6) is 23.0 Å². The first-order valence-electron chi connectivity index (χ1n) is 8.91. The van der Waals surface area contributed by atoms with Crippen LogP contribution in [0.15, 0.2) is 109 Å². The molecule has 0 radical (unpaired) electrons. The van der Waals surface area contributed by atoms with Gasteiger partial charge >= 0.3 is 0 Å². The maximum absolute atomic E-state index is 12.6. The molecule has 138 valence electrons. The molecule has 0 bridgehead atoms. The Bertz CT molecular complexity index is 916. The largest absolute Gasteiger partial charge is 0.754 e. The van der Waals surface area contributed by atoms with E-state index < -0.39 is 0 Å². The van der Waals surface area contributed by atoms with E-state index >= 15 is 0 Å². The molecule has 0 amide bonds. The Labute approximate surface area is 163 Å². The highest BCUT2D eigenvalue weighted by molar-refractivity contribution is 5.65. The third kappa shape index (κ3) is 4.31. The fraction of sp³-hybridized carbons (Fsp3) is 0. The first kappa shape index (κ1) is 17.6. The molecule has 4 heteroatoms. The van der Waals surface area contributed by atoms with E-state index in [1.165, 1.54) is 0 Å². The molecule has 0 aliphatic rings. The van der Waals surface area contributed by atoms with E-state index in [0.29, 0.717) is 22.9 Å². The van der Waals surface area contributed by atoms with Crippen LogP contribution >= 0.6 is 0 Å². The lowest BCUT2D eigenvalue weighted by molar-refractivity contribution is 0.482. The number of nitrogens with zero attached hydrogens (tertiary/aromatic N) is 1. The van der Waals surface area contributed by atoms with Crippen LogP contribution in [0, 0.1) is 5.21 Å². The summed E-state index contributed by atoms with van der Waals surface area (Å²) in [7, 11) is 0. The van der Waals surface area contributed by atoms with Crippen LogP contribution in [-0.2, 0) is 0 Å². The molecule has 0 saturated heterocycles. The minimum Gasteiger partial charge on any atom is -0.754 e. The summed E-state index contributed by atoms with van der Waals surface area (Å²) >= 11 is 0. The highest BCUT2D eigenvalue weighted by Crippen LogP contribution is 2.30. The second-order valence-electron chi connectivity index (χ2n) is 6.11. The van der Waals surface area contributed by atoms with Gasteiger partial charge in [-0.15, -0.1) is 0 Å². The van der Waals surface area contributed by atoms with Crippen molar-refractivity contribution in [1.82, 2.24) is 0 Å². The highest BCUT2D eigenvalue weighted by Gasteiger charge is 2.03. The Morgan fingerprint density at radius 2 is 0.750 bits per heavy atom. The van der Waals surface area contributed by atoms with Crippen LogP contribution in [-0.4, -0.2) is 0 Å². The summed E-state index contributed by atoms with van der Waals surface area (Å²) in [6.07, 6.45) is 0. The minimum atomic E-state index is 0.525. The van der Waals surface area contributed by atoms with Crippen LogP contribution < -0.4 is 14.5 Å². The van der Waals surface area contributed by atoms with Crippen LogP contribution in [0.4, 0.5) is 11.4 Å². The number of hydrogen-bond donors (Lipinski definition) is 0. The maximum atomic E-state index is 12.6. The van der Waals surface area contributed by atoms with Crippen molar-refractivity contribution in [3.8, 4) is 23.0 Å². The van der Waals surface area contributed by atoms with Crippen LogP contribution in [0.3, 0.4) is 0 Å². The molecule has 0 aliphatic carbocycles. The molecule has 28 heavy (non-hydrogen) atoms. The number of hydrogen-bond acceptors (Lipinski definition) is 4. The summed E-state index contributed by atoms with van der Waals surface area (Å²) < 4.78 is 11.5. The number of ether oxygens (including phenoxy) is 2. The lowest BCUT2D eigenvalue weighted by Gasteiger charge is -2.31. The fourth-order valence-corrected chi connectivity index (χ4v) is 2.70. The van der Waals surface area contributed by atoms with E-state index in [1.54, 1.807) is 48.5 Å². The molecule has 0 heterocycles. The predicted molar refractivity (Wildman–Crippen MR) is 111 cm³/mol. The Kier molecular flexibility index (Phi) is 5.22. The molecule has 4 aromatic carbocycles. The number of anilines is 2. The first-order valence-corrected chi connectivity index (χ1v) is 8.91. The van der Waals surface area contributed by atoms with Gasteiger partial charge in [0, 0.05) is 11.4 Å². The molecule has 0 fully saturated rings. The average molecular weight is 368 g/mol. The van der Waals surface area contributed by atoms with Gasteiger partial charge in [0.05, 0.1) is 0 Å². The molecule has 0 spiro atoms. The van der Waals surface area contributed by atoms with E-state index in [-0.39, 0.29) is 0 Å². The van der Waals surface area contributed by atoms with Crippen LogP contribution in [0.1, 0.15) is 0 Å². The van der Waals surface area contributed by atoms with Gasteiger partial charge in [-0.1, -0.05) is 36.4 Å². The summed E-state index contributed by atoms with van der Waals surface area (Å²) in [6.45, 7) is 0. The lowest BCUT2D eigenvalue weighted by atomic mass is 10.2. The van der Waals surface area contributed by atoms with E-state index in [9.17, 15) is 5.21 Å². The minimum absolute atomic E-state index is 0.525. The molecule has 0 aliphatic heterocycles. The zero-order valence-electron chi connectivity index (χ0n) is 15.1. The molecule has 4 rings (SSSR count). The SMILES string of the molecule is [O-]N(c1ccc(Oc2ccccc2)cc1)c1ccc(Oc2ccccc2)cc1. The second kappa shape index (κ2) is 8.29. The molecular weight excluding hydrogens is 350 g/mol. The first-order chi connectivity index (χ1) is 13.8. The maximum Gasteiger partial charge on any atom is 0.127 e. The molecule has 0 aromatic heterocycles. The molecule has 4 aromatic rings. The van der Waals surface area contributed by atoms with Crippen molar-refractivity contribution in [1.29, 1.82) is 0 Å². The Balaban J connectivity index is 1.43. The normalized spacial score (nSPS) is 10.3. The summed E-state index contributed by atoms with van der Waals surface area (Å²) in [5, 5.41) is 13.5. The van der Waals surface area contributed by atoms with Gasteiger partial charge in [-0.3, -0.25) is 0 Å². The van der Waals surface area contributed by atoms with E-state index in [2.05, 4.69) is 0 Å². The van der Waals surface area contributed by atoms with Crippen molar-refractivity contribution in [3.63, 3.8) is 0 Å². The lowest BCUT2D eigenvalue weighted by Crippen LogP contribution is -2.06. The van der Waals surface area contributed by atoms with Gasteiger partial charge in [0.2, 0.25) is 0 Å². The monoisotopic (exact) mass is 368 g/mol. The van der Waals surface area contributed by atoms with Gasteiger partial charge in [0.1, 0.15) is 23.0 Å². The Morgan fingerprint density at radius 1 is 0.429 bits per heavy atom. The summed E-state index contributed by atoms with van der Waals surface area (Å²) in [4.78, 5) is 0. The van der Waals surface area contributed by atoms with Gasteiger partial charge in [-0.05, 0) is 72.8 Å². The number of para-hydroxylation sites is 2. The smallest absolute Gasteiger partial charge is 0.127 e. The third-order valence-corrected chi connectivity index (χ3v) is 4.10. The van der Waals surface area contributed by atoms with Crippen molar-refractivity contribution in [3.05, 3.63) is 114 Å². The van der Waals surface area contributed by atoms with Gasteiger partial charge in [-0.25, -0.2) is 0 Å². The fourth-order valence-electron chi connectivity index (χ4n) is 2.70. The van der Waals surface area contributed by atoms with Crippen molar-refractivity contribution in [2.45, 2.75) is 0 Å². The molecule has 0 atom stereocenters. The molecule has 0 N–H and O–H groups in total. The van der Waals surface area contributed by atoms with Crippen molar-refractivity contribution >= 4 is 11.4 Å². The van der Waals surface area contributed by atoms with E-state index in [1.807, 2.05) is 60.7 Å². The predicted octanol–water partition coefficient (Wildman–Crippen LogP) is 6.91. The zero-order chi connectivity index (χ0) is 19.2. The summed E-state index contributed by atoms with van der Waals surface area (Å²) in [5.41, 5.74) is 1.05. The zero-order valence-corrected chi connectivity index (χ0v) is 15.1. The van der Waals surface area contributed by atoms with Crippen molar-refractivity contribution in [2.75, 3.05) is 5.06 Å². The Morgan fingerprint density at radius 3 is 1.11 bits per heavy atom. The third-order valence-electron chi connectivity index (χ3n) is 4.10. The Hall–Kier alpha value is -3.76. The standard InChI is InChI=1S/C24H18NO3/c26-25(19-11-15-23(16-12-19)27-21-7-3-1-4-8-21)20-13-17-24(18-14-20)28-22-9-5-2-6-10-22/h1-18H/q-1. The van der Waals surface area contributed by atoms with Gasteiger partial charge in [0.25, 0.3) is 0 Å². The summed E-state index contributed by atoms with van der Waals surface area (Å²) in [5.74, 6) is 2.86. The van der Waals surface area contributed by atoms with Gasteiger partial charge in [-0.2, -0.15) is 0 Å². The average Bonchev–Trinajstić information content (AvgIpc) is 2.76. The quantitative estimate of drug-likeness (QED) is 0.347. The molecular formula is C24H18NO3-. The number of benzene rings is 4. The molecule has 4 nitrogen and oxygen atoms in total. The molecule has 0 saturated carbocycles. The summed E-state index contributed by atoms with van der Waals surface area (Å²) in [6, 6.07) is 33.1. The molecule has 0 unspecified atom stereocenters. The number of rotatable bonds is 6. The highest BCUT2D eigenvalue weighted by atomic mass is 16.5. The van der Waals surface area contributed by atoms with E-state index in [0.717, 1.165) is 16.6 Å². The topological polar surface area (TPSA) is 44.8 Å². The van der Waals surface area contributed by atoms with Crippen molar-refractivity contribution in [2.24, 2.45) is 0 Å². The van der Waals surface area contributed by atoms with Gasteiger partial charge < -0.3 is 19.7 Å². The second-order valence-corrected chi connectivity index (χ2v) is 6.11. The van der Waals surface area contributed by atoms with Gasteiger partial charge in [0.15, 0.2) is 0 Å². The van der Waals surface area contributed by atoms with Crippen molar-refractivity contribution < 1.29 is 9.47 Å². The van der Waals surface area contributed by atoms with Crippen LogP contribution in [0.2, 0.25) is 0 Å².